The third kappa shape index (κ3) is 3.66. The molecule has 1 aliphatic carbocycles. The van der Waals surface area contributed by atoms with Gasteiger partial charge in [-0.25, -0.2) is 17.6 Å². The number of hydrogen-bond donors (Lipinski definition) is 0. The van der Waals surface area contributed by atoms with Crippen molar-refractivity contribution in [3.63, 3.8) is 0 Å². The summed E-state index contributed by atoms with van der Waals surface area (Å²) in [5, 5.41) is 0. The van der Waals surface area contributed by atoms with Gasteiger partial charge in [0.15, 0.2) is 0 Å². The smallest absolute Gasteiger partial charge is 0.253 e. The lowest BCUT2D eigenvalue weighted by atomic mass is 9.79. The summed E-state index contributed by atoms with van der Waals surface area (Å²) in [6.07, 6.45) is -8.95. The summed E-state index contributed by atoms with van der Waals surface area (Å²) >= 11 is 0. The van der Waals surface area contributed by atoms with Gasteiger partial charge in [-0.1, -0.05) is 12.1 Å². The van der Waals surface area contributed by atoms with Crippen molar-refractivity contribution in [2.24, 2.45) is 0 Å². The summed E-state index contributed by atoms with van der Waals surface area (Å²) in [5.74, 6) is -1.63. The van der Waals surface area contributed by atoms with Gasteiger partial charge < -0.3 is 9.80 Å². The molecule has 3 rings (SSSR count). The van der Waals surface area contributed by atoms with E-state index in [9.17, 15) is 22.4 Å². The zero-order valence-electron chi connectivity index (χ0n) is 14.0. The highest BCUT2D eigenvalue weighted by Gasteiger charge is 2.47. The van der Waals surface area contributed by atoms with E-state index in [0.717, 1.165) is 13.1 Å². The topological polar surface area (TPSA) is 23.6 Å². The maximum absolute atomic E-state index is 14.1. The van der Waals surface area contributed by atoms with Crippen LogP contribution in [0.4, 0.5) is 17.6 Å². The molecule has 1 saturated carbocycles. The van der Waals surface area contributed by atoms with Crippen LogP contribution in [0.5, 0.6) is 0 Å². The number of amides is 1. The van der Waals surface area contributed by atoms with Gasteiger partial charge in [-0.15, -0.1) is 0 Å². The molecular formula is C18H22F4N2O. The van der Waals surface area contributed by atoms with Crippen LogP contribution in [0.2, 0.25) is 0 Å². The molecule has 2 fully saturated rings. The Labute approximate surface area is 144 Å². The Morgan fingerprint density at radius 2 is 1.44 bits per heavy atom. The van der Waals surface area contributed by atoms with Gasteiger partial charge in [-0.2, -0.15) is 0 Å². The summed E-state index contributed by atoms with van der Waals surface area (Å²) in [6.45, 7) is 2.81. The number of nitrogens with zero attached hydrogens (tertiary/aromatic N) is 2. The first-order valence-electron chi connectivity index (χ1n) is 8.52. The predicted octanol–water partition coefficient (Wildman–Crippen LogP) is 2.91. The van der Waals surface area contributed by atoms with Crippen LogP contribution in [0.3, 0.4) is 0 Å². The van der Waals surface area contributed by atoms with Gasteiger partial charge >= 0.3 is 0 Å². The standard InChI is InChI=1S/C18H22F4N2O/c1-23-6-8-24(9-7-23)18(25)12-4-2-11(3-5-12)15-16(21)13(19)10-14(20)17(15)22/h2-5,13-17H,6-10H2,1H3/t13-,14+,15?,16-,17+. The fourth-order valence-corrected chi connectivity index (χ4v) is 3.51. The van der Waals surface area contributed by atoms with Crippen molar-refractivity contribution in [1.29, 1.82) is 0 Å². The third-order valence-electron chi connectivity index (χ3n) is 5.16. The number of benzene rings is 1. The number of piperazine rings is 1. The average Bonchev–Trinajstić information content (AvgIpc) is 2.61. The van der Waals surface area contributed by atoms with Gasteiger partial charge in [0.05, 0.1) is 5.92 Å². The highest BCUT2D eigenvalue weighted by molar-refractivity contribution is 5.94. The quantitative estimate of drug-likeness (QED) is 0.759. The van der Waals surface area contributed by atoms with Crippen molar-refractivity contribution in [3.05, 3.63) is 35.4 Å². The molecule has 1 heterocycles. The number of carbonyl (C=O) groups excluding carboxylic acids is 1. The minimum absolute atomic E-state index is 0.149. The van der Waals surface area contributed by atoms with Crippen molar-refractivity contribution in [1.82, 2.24) is 9.80 Å². The number of likely N-dealkylation sites (N-methyl/N-ethyl adjacent to an activating group) is 1. The van der Waals surface area contributed by atoms with E-state index in [-0.39, 0.29) is 11.5 Å². The molecule has 0 bridgehead atoms. The first kappa shape index (κ1) is 18.2. The minimum Gasteiger partial charge on any atom is -0.336 e. The van der Waals surface area contributed by atoms with Gasteiger partial charge in [-0.05, 0) is 24.7 Å². The van der Waals surface area contributed by atoms with Crippen molar-refractivity contribution in [3.8, 4) is 0 Å². The molecule has 1 unspecified atom stereocenters. The normalized spacial score (nSPS) is 34.1. The molecule has 7 heteroatoms. The van der Waals surface area contributed by atoms with E-state index in [4.69, 9.17) is 0 Å². The van der Waals surface area contributed by atoms with Crippen LogP contribution in [0, 0.1) is 0 Å². The lowest BCUT2D eigenvalue weighted by Crippen LogP contribution is -2.47. The molecule has 0 spiro atoms. The molecule has 0 aromatic heterocycles. The number of hydrogen-bond acceptors (Lipinski definition) is 2. The molecule has 3 nitrogen and oxygen atoms in total. The third-order valence-corrected chi connectivity index (χ3v) is 5.16. The van der Waals surface area contributed by atoms with Gasteiger partial charge in [-0.3, -0.25) is 4.79 Å². The van der Waals surface area contributed by atoms with Crippen LogP contribution >= 0.6 is 0 Å². The highest BCUT2D eigenvalue weighted by Crippen LogP contribution is 2.40. The Bertz CT molecular complexity index is 590. The molecule has 25 heavy (non-hydrogen) atoms. The van der Waals surface area contributed by atoms with Crippen molar-refractivity contribution < 1.29 is 22.4 Å². The second-order valence-corrected chi connectivity index (χ2v) is 6.90. The molecular weight excluding hydrogens is 336 g/mol. The van der Waals surface area contributed by atoms with E-state index in [0.29, 0.717) is 18.7 Å². The van der Waals surface area contributed by atoms with Crippen LogP contribution in [0.15, 0.2) is 24.3 Å². The van der Waals surface area contributed by atoms with Crippen molar-refractivity contribution >= 4 is 5.91 Å². The Morgan fingerprint density at radius 1 is 0.920 bits per heavy atom. The van der Waals surface area contributed by atoms with Crippen LogP contribution in [0.25, 0.3) is 0 Å². The summed E-state index contributed by atoms with van der Waals surface area (Å²) in [4.78, 5) is 16.3. The summed E-state index contributed by atoms with van der Waals surface area (Å²) < 4.78 is 55.3. The van der Waals surface area contributed by atoms with E-state index in [1.54, 1.807) is 4.90 Å². The molecule has 138 valence electrons. The molecule has 0 N–H and O–H groups in total. The SMILES string of the molecule is CN1CCN(C(=O)c2ccc(C3[C@@H](F)[C@@H](F)C[C@@H](F)[C@H]3F)cc2)CC1. The van der Waals surface area contributed by atoms with Crippen LogP contribution in [-0.4, -0.2) is 73.6 Å². The van der Waals surface area contributed by atoms with Crippen molar-refractivity contribution in [2.75, 3.05) is 33.2 Å². The zero-order chi connectivity index (χ0) is 18.1. The number of alkyl halides is 4. The van der Waals surface area contributed by atoms with Crippen molar-refractivity contribution in [2.45, 2.75) is 37.0 Å². The van der Waals surface area contributed by atoms with Gasteiger partial charge in [0.2, 0.25) is 0 Å². The second kappa shape index (κ2) is 7.32. The van der Waals surface area contributed by atoms with E-state index in [2.05, 4.69) is 4.90 Å². The molecule has 1 saturated heterocycles. The number of carbonyl (C=O) groups is 1. The maximum atomic E-state index is 14.1. The van der Waals surface area contributed by atoms with Gasteiger partial charge in [0.1, 0.15) is 24.7 Å². The molecule has 0 radical (unpaired) electrons. The first-order valence-corrected chi connectivity index (χ1v) is 8.52. The van der Waals surface area contributed by atoms with E-state index >= 15 is 0 Å². The monoisotopic (exact) mass is 358 g/mol. The van der Waals surface area contributed by atoms with E-state index < -0.39 is 37.0 Å². The Kier molecular flexibility index (Phi) is 5.32. The summed E-state index contributed by atoms with van der Waals surface area (Å²) in [5.41, 5.74) is 0.587. The largest absolute Gasteiger partial charge is 0.336 e. The molecule has 1 amide bonds. The Balaban J connectivity index is 1.74. The summed E-state index contributed by atoms with van der Waals surface area (Å²) in [6, 6.07) is 5.75. The lowest BCUT2D eigenvalue weighted by Gasteiger charge is -2.34. The fourth-order valence-electron chi connectivity index (χ4n) is 3.51. The van der Waals surface area contributed by atoms with E-state index in [1.165, 1.54) is 24.3 Å². The van der Waals surface area contributed by atoms with Crippen LogP contribution in [0.1, 0.15) is 28.3 Å². The molecule has 1 aromatic carbocycles. The first-order chi connectivity index (χ1) is 11.9. The molecule has 2 aliphatic rings. The average molecular weight is 358 g/mol. The van der Waals surface area contributed by atoms with E-state index in [1.807, 2.05) is 7.05 Å². The lowest BCUT2D eigenvalue weighted by molar-refractivity contribution is -0.00571. The minimum atomic E-state index is -2.08. The molecule has 1 aliphatic heterocycles. The number of rotatable bonds is 2. The Morgan fingerprint density at radius 3 is 1.96 bits per heavy atom. The fraction of sp³-hybridized carbons (Fsp3) is 0.611. The van der Waals surface area contributed by atoms with Crippen LogP contribution in [-0.2, 0) is 0 Å². The Hall–Kier alpha value is -1.63. The molecule has 1 aromatic rings. The summed E-state index contributed by atoms with van der Waals surface area (Å²) in [7, 11) is 1.98. The zero-order valence-corrected chi connectivity index (χ0v) is 14.0. The predicted molar refractivity (Wildman–Crippen MR) is 86.8 cm³/mol. The van der Waals surface area contributed by atoms with Gasteiger partial charge in [0.25, 0.3) is 5.91 Å². The van der Waals surface area contributed by atoms with Crippen LogP contribution < -0.4 is 0 Å². The highest BCUT2D eigenvalue weighted by atomic mass is 19.2. The second-order valence-electron chi connectivity index (χ2n) is 6.90. The van der Waals surface area contributed by atoms with Gasteiger partial charge in [0, 0.05) is 38.2 Å². The maximum Gasteiger partial charge on any atom is 0.253 e. The molecule has 5 atom stereocenters. The number of halogens is 4.